The van der Waals surface area contributed by atoms with Gasteiger partial charge in [0.05, 0.1) is 17.8 Å². The van der Waals surface area contributed by atoms with Gasteiger partial charge in [-0.2, -0.15) is 5.10 Å². The lowest BCUT2D eigenvalue weighted by molar-refractivity contribution is 0.0491. The molecule has 2 fully saturated rings. The van der Waals surface area contributed by atoms with Crippen molar-refractivity contribution in [3.63, 3.8) is 0 Å². The van der Waals surface area contributed by atoms with E-state index in [1.807, 2.05) is 35.9 Å². The average Bonchev–Trinajstić information content (AvgIpc) is 3.21. The lowest BCUT2D eigenvalue weighted by Crippen LogP contribution is -2.41. The van der Waals surface area contributed by atoms with Crippen molar-refractivity contribution in [2.24, 2.45) is 7.05 Å². The molecule has 1 aliphatic heterocycles. The van der Waals surface area contributed by atoms with E-state index in [0.29, 0.717) is 31.3 Å². The van der Waals surface area contributed by atoms with Crippen molar-refractivity contribution in [1.29, 1.82) is 0 Å². The Bertz CT molecular complexity index is 1130. The van der Waals surface area contributed by atoms with Gasteiger partial charge in [-0.15, -0.1) is 5.10 Å². The molecule has 0 atom stereocenters. The Labute approximate surface area is 191 Å². The Hall–Kier alpha value is -3.63. The van der Waals surface area contributed by atoms with E-state index in [4.69, 9.17) is 15.2 Å². The van der Waals surface area contributed by atoms with Crippen molar-refractivity contribution in [2.75, 3.05) is 18.8 Å². The van der Waals surface area contributed by atoms with E-state index in [0.717, 1.165) is 42.6 Å². The number of amides is 1. The monoisotopic (exact) mass is 452 g/mol. The Balaban J connectivity index is 1.15. The van der Waals surface area contributed by atoms with Gasteiger partial charge in [-0.1, -0.05) is 0 Å². The molecular formula is C22H28N8O3. The van der Waals surface area contributed by atoms with Crippen molar-refractivity contribution < 1.29 is 14.3 Å². The van der Waals surface area contributed by atoms with Crippen LogP contribution in [0.5, 0.6) is 5.75 Å². The van der Waals surface area contributed by atoms with Crippen LogP contribution in [0.2, 0.25) is 0 Å². The second-order valence-electron chi connectivity index (χ2n) is 8.97. The van der Waals surface area contributed by atoms with E-state index < -0.39 is 0 Å². The first-order chi connectivity index (χ1) is 15.9. The minimum absolute atomic E-state index is 0.151. The third kappa shape index (κ3) is 4.48. The third-order valence-corrected chi connectivity index (χ3v) is 6.40. The van der Waals surface area contributed by atoms with Gasteiger partial charge >= 0.3 is 6.09 Å². The van der Waals surface area contributed by atoms with Crippen LogP contribution in [0.3, 0.4) is 0 Å². The summed E-state index contributed by atoms with van der Waals surface area (Å²) >= 11 is 0. The van der Waals surface area contributed by atoms with Crippen LogP contribution in [0.1, 0.15) is 44.2 Å². The molecule has 1 amide bonds. The molecule has 1 aliphatic carbocycles. The molecule has 0 unspecified atom stereocenters. The number of hydrogen-bond donors (Lipinski definition) is 1. The second-order valence-corrected chi connectivity index (χ2v) is 8.97. The van der Waals surface area contributed by atoms with E-state index >= 15 is 0 Å². The fourth-order valence-corrected chi connectivity index (χ4v) is 3.99. The number of rotatable bonds is 6. The van der Waals surface area contributed by atoms with Gasteiger partial charge in [0.2, 0.25) is 0 Å². The highest BCUT2D eigenvalue weighted by Gasteiger charge is 2.43. The molecule has 2 aliphatic rings. The normalized spacial score (nSPS) is 17.7. The molecular weight excluding hydrogens is 424 g/mol. The van der Waals surface area contributed by atoms with Gasteiger partial charge in [-0.05, 0) is 67.3 Å². The maximum absolute atomic E-state index is 12.3. The zero-order valence-electron chi connectivity index (χ0n) is 18.8. The van der Waals surface area contributed by atoms with Gasteiger partial charge < -0.3 is 20.1 Å². The number of hydrogen-bond acceptors (Lipinski definition) is 8. The number of nitrogens with two attached hydrogens (primary N) is 1. The molecule has 0 spiro atoms. The number of nitrogens with zero attached hydrogens (tertiary/aromatic N) is 7. The molecule has 11 heteroatoms. The fraction of sp³-hybridized carbons (Fsp3) is 0.500. The fourth-order valence-electron chi connectivity index (χ4n) is 3.99. The highest BCUT2D eigenvalue weighted by atomic mass is 16.6. The molecule has 3 aromatic rings. The Morgan fingerprint density at radius 2 is 1.94 bits per heavy atom. The quantitative estimate of drug-likeness (QED) is 0.605. The van der Waals surface area contributed by atoms with Gasteiger partial charge in [0, 0.05) is 25.7 Å². The maximum atomic E-state index is 12.3. The first-order valence-corrected chi connectivity index (χ1v) is 11.2. The van der Waals surface area contributed by atoms with Crippen LogP contribution in [-0.2, 0) is 18.4 Å². The highest BCUT2D eigenvalue weighted by Crippen LogP contribution is 2.39. The van der Waals surface area contributed by atoms with Gasteiger partial charge in [-0.3, -0.25) is 0 Å². The number of anilines is 1. The number of nitrogen functional groups attached to an aromatic ring is 1. The predicted octanol–water partition coefficient (Wildman–Crippen LogP) is 2.56. The van der Waals surface area contributed by atoms with E-state index in [1.54, 1.807) is 22.8 Å². The molecule has 1 saturated carbocycles. The Morgan fingerprint density at radius 3 is 2.58 bits per heavy atom. The lowest BCUT2D eigenvalue weighted by Gasteiger charge is -2.32. The lowest BCUT2D eigenvalue weighted by atomic mass is 10.1. The summed E-state index contributed by atoms with van der Waals surface area (Å²) < 4.78 is 15.0. The third-order valence-electron chi connectivity index (χ3n) is 6.40. The van der Waals surface area contributed by atoms with E-state index in [9.17, 15) is 4.79 Å². The van der Waals surface area contributed by atoms with Crippen LogP contribution < -0.4 is 10.5 Å². The first-order valence-electron chi connectivity index (χ1n) is 11.2. The van der Waals surface area contributed by atoms with Crippen LogP contribution in [0.4, 0.5) is 10.6 Å². The summed E-state index contributed by atoms with van der Waals surface area (Å²) in [6.45, 7) is 3.58. The van der Waals surface area contributed by atoms with Crippen molar-refractivity contribution >= 4 is 11.9 Å². The zero-order valence-corrected chi connectivity index (χ0v) is 18.8. The number of benzene rings is 1. The summed E-state index contributed by atoms with van der Waals surface area (Å²) in [4.78, 5) is 14.1. The Kier molecular flexibility index (Phi) is 5.39. The zero-order chi connectivity index (χ0) is 23.0. The molecule has 2 aromatic heterocycles. The van der Waals surface area contributed by atoms with Crippen LogP contribution >= 0.6 is 0 Å². The number of likely N-dealkylation sites (tertiary alicyclic amines) is 1. The van der Waals surface area contributed by atoms with E-state index in [-0.39, 0.29) is 17.7 Å². The van der Waals surface area contributed by atoms with Gasteiger partial charge in [0.1, 0.15) is 23.8 Å². The highest BCUT2D eigenvalue weighted by molar-refractivity contribution is 5.68. The predicted molar refractivity (Wildman–Crippen MR) is 119 cm³/mol. The van der Waals surface area contributed by atoms with Crippen molar-refractivity contribution in [2.45, 2.75) is 50.9 Å². The molecule has 174 valence electrons. The van der Waals surface area contributed by atoms with Crippen LogP contribution in [0.15, 0.2) is 30.5 Å². The number of carbonyl (C=O) groups is 1. The minimum Gasteiger partial charge on any atom is -0.489 e. The molecule has 1 aromatic carbocycles. The van der Waals surface area contributed by atoms with Crippen LogP contribution in [0, 0.1) is 0 Å². The van der Waals surface area contributed by atoms with Crippen molar-refractivity contribution in [3.05, 3.63) is 36.0 Å². The SMILES string of the molecule is Cn1nnnc1-c1ccc(OCc2cnn(C3CCN(C(=O)OC4(C)CC4)CC3)c2N)cc1. The smallest absolute Gasteiger partial charge is 0.410 e. The number of tetrazole rings is 1. The summed E-state index contributed by atoms with van der Waals surface area (Å²) in [5.41, 5.74) is 7.87. The number of piperidine rings is 1. The summed E-state index contributed by atoms with van der Waals surface area (Å²) in [7, 11) is 1.80. The van der Waals surface area contributed by atoms with Gasteiger partial charge in [-0.25, -0.2) is 14.2 Å². The average molecular weight is 453 g/mol. The second kappa shape index (κ2) is 8.38. The standard InChI is InChI=1S/C22H28N8O3/c1-22(9-10-22)33-21(31)29-11-7-17(8-12-29)30-19(23)16(13-24-30)14-32-18-5-3-15(4-6-18)20-25-26-27-28(20)2/h3-6,13,17H,7-12,14,23H2,1-2H3. The summed E-state index contributed by atoms with van der Waals surface area (Å²) in [6.07, 6.45) is 5.02. The molecule has 5 rings (SSSR count). The Morgan fingerprint density at radius 1 is 1.21 bits per heavy atom. The summed E-state index contributed by atoms with van der Waals surface area (Å²) in [5.74, 6) is 2.01. The topological polar surface area (TPSA) is 126 Å². The molecule has 1 saturated heterocycles. The van der Waals surface area contributed by atoms with E-state index in [2.05, 4.69) is 20.6 Å². The molecule has 33 heavy (non-hydrogen) atoms. The van der Waals surface area contributed by atoms with Crippen LogP contribution in [-0.4, -0.2) is 59.7 Å². The van der Waals surface area contributed by atoms with Crippen LogP contribution in [0.25, 0.3) is 11.4 Å². The molecule has 0 radical (unpaired) electrons. The minimum atomic E-state index is -0.248. The molecule has 3 heterocycles. The number of carbonyl (C=O) groups excluding carboxylic acids is 1. The first kappa shape index (κ1) is 21.2. The maximum Gasteiger partial charge on any atom is 0.410 e. The number of aryl methyl sites for hydroxylation is 1. The summed E-state index contributed by atoms with van der Waals surface area (Å²) in [5, 5.41) is 16.0. The summed E-state index contributed by atoms with van der Waals surface area (Å²) in [6, 6.07) is 7.73. The van der Waals surface area contributed by atoms with Crippen molar-refractivity contribution in [3.8, 4) is 17.1 Å². The van der Waals surface area contributed by atoms with E-state index in [1.165, 1.54) is 0 Å². The number of ether oxygens (including phenoxy) is 2. The molecule has 2 N–H and O–H groups in total. The molecule has 0 bridgehead atoms. The van der Waals surface area contributed by atoms with Crippen molar-refractivity contribution in [1.82, 2.24) is 34.9 Å². The number of aromatic nitrogens is 6. The molecule has 11 nitrogen and oxygen atoms in total. The largest absolute Gasteiger partial charge is 0.489 e. The van der Waals surface area contributed by atoms with Gasteiger partial charge in [0.25, 0.3) is 0 Å². The van der Waals surface area contributed by atoms with Gasteiger partial charge in [0.15, 0.2) is 5.82 Å².